The van der Waals surface area contributed by atoms with Crippen molar-refractivity contribution < 1.29 is 9.53 Å². The fraction of sp³-hybridized carbons (Fsp3) is 0.789. The van der Waals surface area contributed by atoms with Crippen molar-refractivity contribution in [3.63, 3.8) is 0 Å². The molecule has 3 atom stereocenters. The molecule has 1 saturated carbocycles. The molecule has 2 aliphatic rings. The first-order chi connectivity index (χ1) is 11.7. The predicted octanol–water partition coefficient (Wildman–Crippen LogP) is 2.90. The molecule has 6 heteroatoms. The molecular weight excluding hydrogens is 316 g/mol. The number of aryl methyl sites for hydroxylation is 1. The maximum absolute atomic E-state index is 12.5. The number of ether oxygens (including phenoxy) is 1. The summed E-state index contributed by atoms with van der Waals surface area (Å²) in [6.45, 7) is 13.1. The second kappa shape index (κ2) is 6.63. The molecule has 2 fully saturated rings. The summed E-state index contributed by atoms with van der Waals surface area (Å²) in [7, 11) is 0. The number of carbonyl (C=O) groups is 1. The number of hydrogen-bond donors (Lipinski definition) is 1. The van der Waals surface area contributed by atoms with E-state index in [2.05, 4.69) is 28.7 Å². The number of amides is 1. The van der Waals surface area contributed by atoms with E-state index in [9.17, 15) is 4.79 Å². The van der Waals surface area contributed by atoms with E-state index in [-0.39, 0.29) is 17.6 Å². The van der Waals surface area contributed by atoms with E-state index < -0.39 is 5.60 Å². The van der Waals surface area contributed by atoms with Gasteiger partial charge in [-0.15, -0.1) is 0 Å². The molecule has 2 heterocycles. The van der Waals surface area contributed by atoms with Crippen molar-refractivity contribution in [3.8, 4) is 0 Å². The minimum absolute atomic E-state index is 0.0765. The number of hydrogen-bond acceptors (Lipinski definition) is 4. The Labute approximate surface area is 150 Å². The van der Waals surface area contributed by atoms with Gasteiger partial charge in [0.05, 0.1) is 6.33 Å². The van der Waals surface area contributed by atoms with Gasteiger partial charge in [0.1, 0.15) is 5.60 Å². The smallest absolute Gasteiger partial charge is 0.410 e. The molecule has 1 unspecified atom stereocenters. The quantitative estimate of drug-likeness (QED) is 0.831. The first-order valence-corrected chi connectivity index (χ1v) is 9.39. The van der Waals surface area contributed by atoms with Crippen LogP contribution < -0.4 is 5.32 Å². The van der Waals surface area contributed by atoms with Gasteiger partial charge >= 0.3 is 6.09 Å². The van der Waals surface area contributed by atoms with Gasteiger partial charge in [0, 0.05) is 43.0 Å². The van der Waals surface area contributed by atoms with Crippen molar-refractivity contribution in [2.45, 2.75) is 71.7 Å². The SMILES string of the molecule is CC(C)(C)OC(=O)N1CC[C@@H]2C(NCCCn3ccnc3)C(C)(C)[C@@H]21. The van der Waals surface area contributed by atoms with Gasteiger partial charge < -0.3 is 19.5 Å². The van der Waals surface area contributed by atoms with Crippen LogP contribution in [0.1, 0.15) is 47.5 Å². The molecule has 1 aromatic rings. The zero-order valence-corrected chi connectivity index (χ0v) is 16.2. The van der Waals surface area contributed by atoms with Crippen LogP contribution in [0.2, 0.25) is 0 Å². The summed E-state index contributed by atoms with van der Waals surface area (Å²) in [4.78, 5) is 18.5. The second-order valence-corrected chi connectivity index (χ2v) is 8.98. The van der Waals surface area contributed by atoms with Crippen LogP contribution in [0.4, 0.5) is 4.79 Å². The minimum Gasteiger partial charge on any atom is -0.444 e. The molecule has 25 heavy (non-hydrogen) atoms. The lowest BCUT2D eigenvalue weighted by Gasteiger charge is -2.58. The van der Waals surface area contributed by atoms with Gasteiger partial charge in [-0.1, -0.05) is 13.8 Å². The number of nitrogens with one attached hydrogen (secondary N) is 1. The van der Waals surface area contributed by atoms with Gasteiger partial charge in [0.2, 0.25) is 0 Å². The van der Waals surface area contributed by atoms with Crippen molar-refractivity contribution in [2.24, 2.45) is 11.3 Å². The molecule has 1 aromatic heterocycles. The van der Waals surface area contributed by atoms with Crippen molar-refractivity contribution in [1.29, 1.82) is 0 Å². The predicted molar refractivity (Wildman–Crippen MR) is 97.3 cm³/mol. The highest BCUT2D eigenvalue weighted by Crippen LogP contribution is 2.53. The molecule has 1 amide bonds. The number of imidazole rings is 1. The molecule has 140 valence electrons. The monoisotopic (exact) mass is 348 g/mol. The molecule has 3 rings (SSSR count). The third kappa shape index (κ3) is 3.68. The Morgan fingerprint density at radius 3 is 2.80 bits per heavy atom. The lowest BCUT2D eigenvalue weighted by Crippen LogP contribution is -2.69. The van der Waals surface area contributed by atoms with Crippen LogP contribution >= 0.6 is 0 Å². The minimum atomic E-state index is -0.436. The van der Waals surface area contributed by atoms with E-state index in [4.69, 9.17) is 4.74 Å². The number of rotatable bonds is 5. The summed E-state index contributed by atoms with van der Waals surface area (Å²) < 4.78 is 7.71. The lowest BCUT2D eigenvalue weighted by molar-refractivity contribution is -0.0596. The molecule has 1 N–H and O–H groups in total. The third-order valence-electron chi connectivity index (χ3n) is 5.58. The number of likely N-dealkylation sites (tertiary alicyclic amines) is 1. The molecule has 0 aromatic carbocycles. The topological polar surface area (TPSA) is 59.4 Å². The fourth-order valence-corrected chi connectivity index (χ4v) is 4.61. The van der Waals surface area contributed by atoms with E-state index in [1.54, 1.807) is 0 Å². The normalized spacial score (nSPS) is 27.7. The van der Waals surface area contributed by atoms with Gasteiger partial charge in [0.25, 0.3) is 0 Å². The van der Waals surface area contributed by atoms with E-state index in [1.165, 1.54) is 0 Å². The summed E-state index contributed by atoms with van der Waals surface area (Å²) in [6, 6.07) is 0.751. The molecule has 0 bridgehead atoms. The molecule has 1 aliphatic heterocycles. The Kier molecular flexibility index (Phi) is 4.84. The van der Waals surface area contributed by atoms with E-state index in [0.717, 1.165) is 32.5 Å². The van der Waals surface area contributed by atoms with Gasteiger partial charge in [-0.2, -0.15) is 0 Å². The summed E-state index contributed by atoms with van der Waals surface area (Å²) >= 11 is 0. The second-order valence-electron chi connectivity index (χ2n) is 8.98. The highest BCUT2D eigenvalue weighted by atomic mass is 16.6. The summed E-state index contributed by atoms with van der Waals surface area (Å²) in [5.74, 6) is 0.538. The Morgan fingerprint density at radius 1 is 1.40 bits per heavy atom. The standard InChI is InChI=1S/C19H32N4O2/c1-18(2,3)25-17(24)23-11-7-14-15(19(4,5)16(14)23)21-8-6-10-22-12-9-20-13-22/h9,12-16,21H,6-8,10-11H2,1-5H3/t14-,15?,16-/m1/s1. The van der Waals surface area contributed by atoms with E-state index in [0.29, 0.717) is 12.0 Å². The molecule has 1 saturated heterocycles. The van der Waals surface area contributed by atoms with Crippen LogP contribution in [-0.4, -0.2) is 51.3 Å². The molecular formula is C19H32N4O2. The van der Waals surface area contributed by atoms with Crippen LogP contribution in [0.5, 0.6) is 0 Å². The Hall–Kier alpha value is -1.56. The number of nitrogens with zero attached hydrogens (tertiary/aromatic N) is 3. The molecule has 6 nitrogen and oxygen atoms in total. The zero-order chi connectivity index (χ0) is 18.2. The van der Waals surface area contributed by atoms with Crippen molar-refractivity contribution in [1.82, 2.24) is 19.8 Å². The average molecular weight is 348 g/mol. The first-order valence-electron chi connectivity index (χ1n) is 9.39. The number of carbonyl (C=O) groups excluding carboxylic acids is 1. The summed E-state index contributed by atoms with van der Waals surface area (Å²) in [5.41, 5.74) is -0.360. The van der Waals surface area contributed by atoms with Crippen molar-refractivity contribution in [2.75, 3.05) is 13.1 Å². The Bertz CT molecular complexity index is 591. The fourth-order valence-electron chi connectivity index (χ4n) is 4.61. The Balaban J connectivity index is 1.51. The highest BCUT2D eigenvalue weighted by Gasteiger charge is 2.62. The van der Waals surface area contributed by atoms with Gasteiger partial charge in [-0.05, 0) is 46.1 Å². The van der Waals surface area contributed by atoms with Gasteiger partial charge in [0.15, 0.2) is 0 Å². The molecule has 0 radical (unpaired) electrons. The summed E-state index contributed by atoms with van der Waals surface area (Å²) in [5, 5.41) is 3.74. The van der Waals surface area contributed by atoms with Crippen LogP contribution in [-0.2, 0) is 11.3 Å². The summed E-state index contributed by atoms with van der Waals surface area (Å²) in [6.07, 6.45) is 7.66. The van der Waals surface area contributed by atoms with Crippen LogP contribution in [0.15, 0.2) is 18.7 Å². The van der Waals surface area contributed by atoms with Crippen LogP contribution in [0, 0.1) is 11.3 Å². The maximum atomic E-state index is 12.5. The molecule has 1 aliphatic carbocycles. The van der Waals surface area contributed by atoms with Crippen LogP contribution in [0.3, 0.4) is 0 Å². The maximum Gasteiger partial charge on any atom is 0.410 e. The van der Waals surface area contributed by atoms with E-state index in [1.807, 2.05) is 44.4 Å². The van der Waals surface area contributed by atoms with Crippen molar-refractivity contribution >= 4 is 6.09 Å². The first kappa shape index (κ1) is 18.2. The highest BCUT2D eigenvalue weighted by molar-refractivity contribution is 5.69. The van der Waals surface area contributed by atoms with Crippen molar-refractivity contribution in [3.05, 3.63) is 18.7 Å². The Morgan fingerprint density at radius 2 is 2.16 bits per heavy atom. The molecule has 0 spiro atoms. The number of fused-ring (bicyclic) bond motifs is 1. The third-order valence-corrected chi connectivity index (χ3v) is 5.58. The van der Waals surface area contributed by atoms with Gasteiger partial charge in [-0.3, -0.25) is 0 Å². The van der Waals surface area contributed by atoms with Gasteiger partial charge in [-0.25, -0.2) is 9.78 Å². The van der Waals surface area contributed by atoms with E-state index >= 15 is 0 Å². The lowest BCUT2D eigenvalue weighted by atomic mass is 9.56. The van der Waals surface area contributed by atoms with Crippen LogP contribution in [0.25, 0.3) is 0 Å². The average Bonchev–Trinajstić information content (AvgIpc) is 3.13. The largest absolute Gasteiger partial charge is 0.444 e. The number of aromatic nitrogens is 2. The zero-order valence-electron chi connectivity index (χ0n) is 16.2.